The molecule has 17 heavy (non-hydrogen) atoms. The summed E-state index contributed by atoms with van der Waals surface area (Å²) in [7, 11) is -3.73. The minimum absolute atomic E-state index is 0.00578. The number of nitrogens with two attached hydrogens (primary N) is 2. The molecule has 0 aromatic heterocycles. The van der Waals surface area contributed by atoms with Crippen LogP contribution in [-0.2, 0) is 10.0 Å². The van der Waals surface area contributed by atoms with E-state index in [1.54, 1.807) is 6.92 Å². The maximum Gasteiger partial charge on any atom is 0.238 e. The summed E-state index contributed by atoms with van der Waals surface area (Å²) in [5.74, 6) is 0. The molecule has 0 spiro atoms. The van der Waals surface area contributed by atoms with Crippen molar-refractivity contribution in [3.05, 3.63) is 18.2 Å². The van der Waals surface area contributed by atoms with Gasteiger partial charge in [0.15, 0.2) is 0 Å². The van der Waals surface area contributed by atoms with Crippen LogP contribution in [0.4, 0.5) is 11.4 Å². The van der Waals surface area contributed by atoms with Crippen molar-refractivity contribution < 1.29 is 13.5 Å². The van der Waals surface area contributed by atoms with Crippen molar-refractivity contribution in [3.8, 4) is 0 Å². The first-order valence-corrected chi connectivity index (χ1v) is 6.69. The van der Waals surface area contributed by atoms with E-state index in [4.69, 9.17) is 16.0 Å². The van der Waals surface area contributed by atoms with Gasteiger partial charge in [0.05, 0.1) is 22.4 Å². The van der Waals surface area contributed by atoms with Crippen LogP contribution in [0.1, 0.15) is 13.3 Å². The molecule has 0 heterocycles. The van der Waals surface area contributed by atoms with Crippen LogP contribution in [0.5, 0.6) is 0 Å². The third-order valence-electron chi connectivity index (χ3n) is 2.23. The second-order valence-corrected chi connectivity index (χ2v) is 5.42. The Morgan fingerprint density at radius 2 is 2.12 bits per heavy atom. The summed E-state index contributed by atoms with van der Waals surface area (Å²) >= 11 is 0. The Morgan fingerprint density at radius 3 is 2.65 bits per heavy atom. The number of nitrogen functional groups attached to an aromatic ring is 1. The fraction of sp³-hybridized carbons (Fsp3) is 0.400. The van der Waals surface area contributed by atoms with Crippen molar-refractivity contribution in [1.29, 1.82) is 0 Å². The lowest BCUT2D eigenvalue weighted by Gasteiger charge is -2.11. The molecule has 1 atom stereocenters. The molecule has 1 aromatic carbocycles. The first kappa shape index (κ1) is 13.8. The summed E-state index contributed by atoms with van der Waals surface area (Å²) in [6, 6.07) is 4.21. The number of aliphatic hydroxyl groups excluding tert-OH is 1. The maximum atomic E-state index is 11.1. The van der Waals surface area contributed by atoms with Crippen LogP contribution in [-0.4, -0.2) is 26.2 Å². The van der Waals surface area contributed by atoms with Gasteiger partial charge in [0.1, 0.15) is 0 Å². The van der Waals surface area contributed by atoms with Crippen molar-refractivity contribution in [2.24, 2.45) is 5.14 Å². The fourth-order valence-electron chi connectivity index (χ4n) is 1.28. The van der Waals surface area contributed by atoms with Gasteiger partial charge in [-0.2, -0.15) is 0 Å². The number of hydrogen-bond donors (Lipinski definition) is 4. The zero-order valence-corrected chi connectivity index (χ0v) is 10.4. The topological polar surface area (TPSA) is 118 Å². The normalized spacial score (nSPS) is 13.4. The van der Waals surface area contributed by atoms with Crippen LogP contribution in [0.3, 0.4) is 0 Å². The molecule has 0 fully saturated rings. The van der Waals surface area contributed by atoms with Crippen molar-refractivity contribution in [3.63, 3.8) is 0 Å². The summed E-state index contributed by atoms with van der Waals surface area (Å²) in [4.78, 5) is 0.00578. The average Bonchev–Trinajstić information content (AvgIpc) is 2.18. The van der Waals surface area contributed by atoms with Gasteiger partial charge in [0.25, 0.3) is 0 Å². The van der Waals surface area contributed by atoms with Gasteiger partial charge >= 0.3 is 0 Å². The van der Waals surface area contributed by atoms with Gasteiger partial charge in [-0.3, -0.25) is 0 Å². The van der Waals surface area contributed by atoms with E-state index < -0.39 is 16.1 Å². The van der Waals surface area contributed by atoms with Crippen molar-refractivity contribution in [1.82, 2.24) is 0 Å². The number of primary sulfonamides is 1. The smallest absolute Gasteiger partial charge is 0.238 e. The number of aliphatic hydroxyl groups is 1. The summed E-state index contributed by atoms with van der Waals surface area (Å²) < 4.78 is 22.3. The quantitative estimate of drug-likeness (QED) is 0.559. The van der Waals surface area contributed by atoms with Crippen molar-refractivity contribution >= 4 is 21.4 Å². The number of sulfonamides is 1. The molecule has 0 bridgehead atoms. The van der Waals surface area contributed by atoms with E-state index in [1.165, 1.54) is 18.2 Å². The fourth-order valence-corrected chi connectivity index (χ4v) is 1.82. The van der Waals surface area contributed by atoms with Gasteiger partial charge in [-0.05, 0) is 31.5 Å². The minimum atomic E-state index is -3.73. The average molecular weight is 259 g/mol. The highest BCUT2D eigenvalue weighted by atomic mass is 32.2. The van der Waals surface area contributed by atoms with Crippen LogP contribution in [0.2, 0.25) is 0 Å². The predicted octanol–water partition coefficient (Wildman–Crippen LogP) is 0.0990. The largest absolute Gasteiger partial charge is 0.397 e. The number of anilines is 2. The molecule has 0 amide bonds. The minimum Gasteiger partial charge on any atom is -0.397 e. The molecule has 1 aromatic rings. The zero-order chi connectivity index (χ0) is 13.1. The van der Waals surface area contributed by atoms with Gasteiger partial charge < -0.3 is 16.2 Å². The van der Waals surface area contributed by atoms with Crippen LogP contribution in [0.15, 0.2) is 23.1 Å². The molecule has 0 saturated carbocycles. The highest BCUT2D eigenvalue weighted by Crippen LogP contribution is 2.22. The molecule has 0 radical (unpaired) electrons. The molecule has 6 nitrogen and oxygen atoms in total. The van der Waals surface area contributed by atoms with Gasteiger partial charge in [-0.15, -0.1) is 0 Å². The first-order valence-electron chi connectivity index (χ1n) is 5.15. The molecule has 0 aliphatic carbocycles. The Kier molecular flexibility index (Phi) is 4.33. The Labute approximate surface area is 101 Å². The molecule has 0 saturated heterocycles. The number of rotatable bonds is 5. The highest BCUT2D eigenvalue weighted by molar-refractivity contribution is 7.89. The number of nitrogens with one attached hydrogen (secondary N) is 1. The third-order valence-corrected chi connectivity index (χ3v) is 3.14. The second-order valence-electron chi connectivity index (χ2n) is 3.86. The SMILES string of the molecule is CC(O)CCNc1cc(S(N)(=O)=O)ccc1N. The summed E-state index contributed by atoms with van der Waals surface area (Å²) in [5.41, 5.74) is 6.62. The first-order chi connectivity index (χ1) is 7.80. The Morgan fingerprint density at radius 1 is 1.47 bits per heavy atom. The Bertz CT molecular complexity index is 486. The molecule has 6 N–H and O–H groups in total. The molecule has 7 heteroatoms. The second kappa shape index (κ2) is 5.35. The molecule has 1 rings (SSSR count). The van der Waals surface area contributed by atoms with Crippen molar-refractivity contribution in [2.45, 2.75) is 24.3 Å². The van der Waals surface area contributed by atoms with E-state index in [9.17, 15) is 8.42 Å². The summed E-state index contributed by atoms with van der Waals surface area (Å²) in [6.07, 6.45) is 0.115. The van der Waals surface area contributed by atoms with E-state index in [0.717, 1.165) is 0 Å². The standard InChI is InChI=1S/C10H17N3O3S/c1-7(14)4-5-13-10-6-8(17(12,15)16)2-3-9(10)11/h2-3,6-7,13-14H,4-5,11H2,1H3,(H2,12,15,16). The van der Waals surface area contributed by atoms with E-state index in [0.29, 0.717) is 24.3 Å². The van der Waals surface area contributed by atoms with Gasteiger partial charge in [0, 0.05) is 6.54 Å². The van der Waals surface area contributed by atoms with E-state index in [2.05, 4.69) is 5.32 Å². The molecule has 0 aliphatic rings. The van der Waals surface area contributed by atoms with Gasteiger partial charge in [-0.1, -0.05) is 0 Å². The van der Waals surface area contributed by atoms with Crippen molar-refractivity contribution in [2.75, 3.05) is 17.6 Å². The molecular formula is C10H17N3O3S. The number of hydrogen-bond acceptors (Lipinski definition) is 5. The monoisotopic (exact) mass is 259 g/mol. The lowest BCUT2D eigenvalue weighted by Crippen LogP contribution is -2.14. The molecule has 0 aliphatic heterocycles. The van der Waals surface area contributed by atoms with E-state index in [-0.39, 0.29) is 4.90 Å². The van der Waals surface area contributed by atoms with Crippen LogP contribution in [0.25, 0.3) is 0 Å². The molecule has 96 valence electrons. The summed E-state index contributed by atoms with van der Waals surface area (Å²) in [6.45, 7) is 2.17. The molecular weight excluding hydrogens is 242 g/mol. The highest BCUT2D eigenvalue weighted by Gasteiger charge is 2.10. The van der Waals surface area contributed by atoms with Gasteiger partial charge in [0.2, 0.25) is 10.0 Å². The van der Waals surface area contributed by atoms with Crippen LogP contribution in [0, 0.1) is 0 Å². The van der Waals surface area contributed by atoms with Crippen LogP contribution < -0.4 is 16.2 Å². The van der Waals surface area contributed by atoms with Crippen LogP contribution >= 0.6 is 0 Å². The zero-order valence-electron chi connectivity index (χ0n) is 9.55. The maximum absolute atomic E-state index is 11.1. The van der Waals surface area contributed by atoms with E-state index in [1.807, 2.05) is 0 Å². The Hall–Kier alpha value is -1.31. The lowest BCUT2D eigenvalue weighted by atomic mass is 10.2. The molecule has 1 unspecified atom stereocenters. The number of benzene rings is 1. The predicted molar refractivity (Wildman–Crippen MR) is 67.0 cm³/mol. The van der Waals surface area contributed by atoms with E-state index >= 15 is 0 Å². The third kappa shape index (κ3) is 4.22. The lowest BCUT2D eigenvalue weighted by molar-refractivity contribution is 0.189. The van der Waals surface area contributed by atoms with Gasteiger partial charge in [-0.25, -0.2) is 13.6 Å². The summed E-state index contributed by atoms with van der Waals surface area (Å²) in [5, 5.41) is 17.1. The Balaban J connectivity index is 2.84.